The molecule has 0 aliphatic heterocycles. The predicted molar refractivity (Wildman–Crippen MR) is 119 cm³/mol. The topological polar surface area (TPSA) is 101 Å². The normalized spacial score (nSPS) is 11.7. The van der Waals surface area contributed by atoms with E-state index in [1.807, 2.05) is 84.3 Å². The molecule has 3 aromatic heterocycles. The minimum Gasteiger partial charge on any atom is -0.496 e. The first kappa shape index (κ1) is 19.9. The third kappa shape index (κ3) is 3.04. The largest absolute Gasteiger partial charge is 0.496 e. The highest BCUT2D eigenvalue weighted by atomic mass is 16.5. The molecule has 0 saturated heterocycles. The number of tetrazole rings is 1. The number of hydrogen-bond donors (Lipinski definition) is 2. The number of aromatic amines is 1. The molecule has 32 heavy (non-hydrogen) atoms. The molecule has 0 aliphatic carbocycles. The average molecular weight is 426 g/mol. The molecular weight excluding hydrogens is 404 g/mol. The second-order valence-electron chi connectivity index (χ2n) is 7.44. The first-order valence-electron chi connectivity index (χ1n) is 10.3. The lowest BCUT2D eigenvalue weighted by atomic mass is 9.82. The third-order valence-corrected chi connectivity index (χ3v) is 5.70. The molecule has 0 atom stereocenters. The molecule has 0 radical (unpaired) electrons. The van der Waals surface area contributed by atoms with Crippen LogP contribution in [-0.2, 0) is 12.0 Å². The molecule has 0 bridgehead atoms. The van der Waals surface area contributed by atoms with Crippen LogP contribution in [0.4, 0.5) is 0 Å². The van der Waals surface area contributed by atoms with Crippen molar-refractivity contribution in [3.05, 3.63) is 95.4 Å². The van der Waals surface area contributed by atoms with Crippen LogP contribution in [0, 0.1) is 0 Å². The van der Waals surface area contributed by atoms with Crippen LogP contribution in [0.5, 0.6) is 5.75 Å². The van der Waals surface area contributed by atoms with E-state index in [4.69, 9.17) is 9.72 Å². The van der Waals surface area contributed by atoms with E-state index < -0.39 is 5.60 Å². The Labute approximate surface area is 184 Å². The van der Waals surface area contributed by atoms with Gasteiger partial charge in [-0.2, -0.15) is 0 Å². The van der Waals surface area contributed by atoms with Gasteiger partial charge in [-0.1, -0.05) is 67.6 Å². The van der Waals surface area contributed by atoms with Gasteiger partial charge in [0.25, 0.3) is 0 Å². The van der Waals surface area contributed by atoms with Crippen LogP contribution in [0.25, 0.3) is 17.0 Å². The summed E-state index contributed by atoms with van der Waals surface area (Å²) >= 11 is 0. The number of fused-ring (bicyclic) bond motifs is 1. The number of H-pyrrole nitrogens is 1. The molecule has 8 nitrogen and oxygen atoms in total. The van der Waals surface area contributed by atoms with E-state index in [-0.39, 0.29) is 0 Å². The fourth-order valence-electron chi connectivity index (χ4n) is 4.17. The first-order valence-corrected chi connectivity index (χ1v) is 10.3. The number of hydrogen-bond acceptors (Lipinski definition) is 6. The maximum Gasteiger partial charge on any atom is 0.184 e. The Kier molecular flexibility index (Phi) is 4.91. The smallest absolute Gasteiger partial charge is 0.184 e. The summed E-state index contributed by atoms with van der Waals surface area (Å²) in [4.78, 5) is 4.91. The Balaban J connectivity index is 1.82. The number of aromatic nitrogens is 6. The van der Waals surface area contributed by atoms with Gasteiger partial charge in [0.15, 0.2) is 11.4 Å². The van der Waals surface area contributed by atoms with E-state index in [1.165, 1.54) is 0 Å². The van der Waals surface area contributed by atoms with E-state index in [1.54, 1.807) is 7.11 Å². The highest BCUT2D eigenvalue weighted by Crippen LogP contribution is 2.39. The Bertz CT molecular complexity index is 1310. The van der Waals surface area contributed by atoms with Crippen LogP contribution in [0.1, 0.15) is 29.4 Å². The average Bonchev–Trinajstić information content (AvgIpc) is 3.51. The number of benzene rings is 2. The van der Waals surface area contributed by atoms with E-state index in [2.05, 4.69) is 20.6 Å². The van der Waals surface area contributed by atoms with Gasteiger partial charge < -0.3 is 14.2 Å². The predicted octanol–water partition coefficient (Wildman–Crippen LogP) is 3.37. The second-order valence-corrected chi connectivity index (χ2v) is 7.44. The Hall–Kier alpha value is -4.04. The summed E-state index contributed by atoms with van der Waals surface area (Å²) in [5, 5.41) is 26.4. The number of imidazole rings is 1. The zero-order valence-corrected chi connectivity index (χ0v) is 17.7. The van der Waals surface area contributed by atoms with Gasteiger partial charge in [-0.15, -0.1) is 5.10 Å². The lowest BCUT2D eigenvalue weighted by Gasteiger charge is -2.29. The van der Waals surface area contributed by atoms with Crippen LogP contribution < -0.4 is 4.74 Å². The minimum absolute atomic E-state index is 0.488. The molecule has 160 valence electrons. The quantitative estimate of drug-likeness (QED) is 0.432. The molecule has 5 aromatic rings. The standard InChI is InChI=1S/C24H22N6O2/c1-3-19-22(24(31,16-10-6-4-7-11-16)17-12-8-5-9-13-17)25-21-14-20(32-2)18(15-30(19)21)23-26-28-29-27-23/h4-15,31H,3H2,1-2H3,(H,26,27,28,29). The fourth-order valence-corrected chi connectivity index (χ4v) is 4.17. The Morgan fingerprint density at radius 1 is 1.03 bits per heavy atom. The molecular formula is C24H22N6O2. The van der Waals surface area contributed by atoms with Crippen molar-refractivity contribution in [3.8, 4) is 17.1 Å². The lowest BCUT2D eigenvalue weighted by molar-refractivity contribution is 0.120. The van der Waals surface area contributed by atoms with E-state index in [0.29, 0.717) is 34.9 Å². The molecule has 0 unspecified atom stereocenters. The van der Waals surface area contributed by atoms with Crippen molar-refractivity contribution in [2.24, 2.45) is 0 Å². The number of nitrogens with one attached hydrogen (secondary N) is 1. The van der Waals surface area contributed by atoms with Gasteiger partial charge >= 0.3 is 0 Å². The Morgan fingerprint density at radius 2 is 1.69 bits per heavy atom. The maximum absolute atomic E-state index is 12.3. The Morgan fingerprint density at radius 3 is 2.22 bits per heavy atom. The van der Waals surface area contributed by atoms with Gasteiger partial charge in [0.2, 0.25) is 0 Å². The number of aliphatic hydroxyl groups is 1. The minimum atomic E-state index is -1.43. The molecule has 0 aliphatic rings. The van der Waals surface area contributed by atoms with E-state index >= 15 is 0 Å². The summed E-state index contributed by atoms with van der Waals surface area (Å²) in [5.41, 5.74) is 2.88. The monoisotopic (exact) mass is 426 g/mol. The summed E-state index contributed by atoms with van der Waals surface area (Å²) in [6.07, 6.45) is 2.54. The van der Waals surface area contributed by atoms with Gasteiger partial charge in [0.1, 0.15) is 17.1 Å². The SMILES string of the molecule is CCc1c(C(O)(c2ccccc2)c2ccccc2)nc2cc(OC)c(-c3nnn[nH]3)cn12. The number of pyridine rings is 1. The van der Waals surface area contributed by atoms with Gasteiger partial charge in [0, 0.05) is 18.0 Å². The molecule has 0 fully saturated rings. The summed E-state index contributed by atoms with van der Waals surface area (Å²) in [7, 11) is 1.59. The maximum atomic E-state index is 12.3. The number of methoxy groups -OCH3 is 1. The molecule has 0 amide bonds. The van der Waals surface area contributed by atoms with Gasteiger partial charge in [-0.05, 0) is 28.0 Å². The van der Waals surface area contributed by atoms with Crippen LogP contribution in [0.2, 0.25) is 0 Å². The number of ether oxygens (including phenoxy) is 1. The highest BCUT2D eigenvalue weighted by molar-refractivity contribution is 5.68. The molecule has 5 rings (SSSR count). The van der Waals surface area contributed by atoms with Gasteiger partial charge in [-0.3, -0.25) is 0 Å². The summed E-state index contributed by atoms with van der Waals surface area (Å²) < 4.78 is 7.55. The van der Waals surface area contributed by atoms with Crippen LogP contribution >= 0.6 is 0 Å². The van der Waals surface area contributed by atoms with Crippen molar-refractivity contribution in [1.82, 2.24) is 30.0 Å². The molecule has 0 saturated carbocycles. The number of rotatable bonds is 6. The van der Waals surface area contributed by atoms with Gasteiger partial charge in [-0.25, -0.2) is 10.1 Å². The molecule has 3 heterocycles. The second kappa shape index (κ2) is 7.90. The third-order valence-electron chi connectivity index (χ3n) is 5.70. The van der Waals surface area contributed by atoms with Crippen molar-refractivity contribution in [2.75, 3.05) is 7.11 Å². The zero-order chi connectivity index (χ0) is 22.1. The van der Waals surface area contributed by atoms with Crippen molar-refractivity contribution in [3.63, 3.8) is 0 Å². The summed E-state index contributed by atoms with van der Waals surface area (Å²) in [6, 6.07) is 21.0. The molecule has 2 aromatic carbocycles. The van der Waals surface area contributed by atoms with Crippen LogP contribution in [0.3, 0.4) is 0 Å². The highest BCUT2D eigenvalue weighted by Gasteiger charge is 2.38. The van der Waals surface area contributed by atoms with Crippen molar-refractivity contribution >= 4 is 5.65 Å². The fraction of sp³-hybridized carbons (Fsp3) is 0.167. The van der Waals surface area contributed by atoms with Crippen molar-refractivity contribution in [1.29, 1.82) is 0 Å². The van der Waals surface area contributed by atoms with Gasteiger partial charge in [0.05, 0.1) is 12.7 Å². The molecule has 8 heteroatoms. The zero-order valence-electron chi connectivity index (χ0n) is 17.7. The number of nitrogens with zero attached hydrogens (tertiary/aromatic N) is 5. The first-order chi connectivity index (χ1) is 15.7. The number of aryl methyl sites for hydroxylation is 1. The van der Waals surface area contributed by atoms with E-state index in [0.717, 1.165) is 16.8 Å². The summed E-state index contributed by atoms with van der Waals surface area (Å²) in [5.74, 6) is 1.07. The van der Waals surface area contributed by atoms with Crippen molar-refractivity contribution < 1.29 is 9.84 Å². The van der Waals surface area contributed by atoms with Crippen LogP contribution in [0.15, 0.2) is 72.9 Å². The summed E-state index contributed by atoms with van der Waals surface area (Å²) in [6.45, 7) is 2.04. The molecule has 0 spiro atoms. The molecule has 2 N–H and O–H groups in total. The lowest BCUT2D eigenvalue weighted by Crippen LogP contribution is -2.30. The van der Waals surface area contributed by atoms with Crippen molar-refractivity contribution in [2.45, 2.75) is 18.9 Å². The van der Waals surface area contributed by atoms with Crippen LogP contribution in [-0.4, -0.2) is 42.2 Å². The van der Waals surface area contributed by atoms with E-state index in [9.17, 15) is 5.11 Å².